The number of carbonyl (C=O) groups excluding carboxylic acids is 2. The second-order valence-corrected chi connectivity index (χ2v) is 10.9. The number of sulfonamides is 1. The molecule has 11 heteroatoms. The van der Waals surface area contributed by atoms with Gasteiger partial charge in [0.2, 0.25) is 11.8 Å². The van der Waals surface area contributed by atoms with Gasteiger partial charge in [-0.1, -0.05) is 37.3 Å². The van der Waals surface area contributed by atoms with E-state index in [4.69, 9.17) is 14.2 Å². The largest absolute Gasteiger partial charge is 0.497 e. The van der Waals surface area contributed by atoms with Crippen LogP contribution in [0.1, 0.15) is 25.8 Å². The van der Waals surface area contributed by atoms with Crippen molar-refractivity contribution in [1.29, 1.82) is 0 Å². The Kier molecular flexibility index (Phi) is 11.0. The van der Waals surface area contributed by atoms with Gasteiger partial charge < -0.3 is 24.4 Å². The summed E-state index contributed by atoms with van der Waals surface area (Å²) in [6.45, 7) is 3.47. The standard InChI is InChI=1S/C30H37N3O7S/c1-6-26(30(35)31-7-2)32(20-22-13-15-23(38-3)16-14-22)29(34)21-33(41(36,37)25-11-9-8-10-12-25)27-19-24(39-4)17-18-28(27)40-5/h8-19,26H,6-7,20-21H2,1-5H3,(H,31,35)/t26-/m1/s1. The van der Waals surface area contributed by atoms with Crippen LogP contribution in [0.3, 0.4) is 0 Å². The molecule has 3 aromatic rings. The zero-order chi connectivity index (χ0) is 30.0. The van der Waals surface area contributed by atoms with Gasteiger partial charge in [-0.3, -0.25) is 13.9 Å². The molecule has 0 heterocycles. The Bertz CT molecular complexity index is 1410. The van der Waals surface area contributed by atoms with Crippen molar-refractivity contribution in [2.75, 3.05) is 38.7 Å². The Labute approximate surface area is 241 Å². The smallest absolute Gasteiger partial charge is 0.264 e. The lowest BCUT2D eigenvalue weighted by atomic mass is 10.1. The van der Waals surface area contributed by atoms with Gasteiger partial charge in [-0.2, -0.15) is 0 Å². The van der Waals surface area contributed by atoms with Crippen molar-refractivity contribution in [3.63, 3.8) is 0 Å². The van der Waals surface area contributed by atoms with Gasteiger partial charge in [0.25, 0.3) is 10.0 Å². The number of ether oxygens (including phenoxy) is 3. The minimum atomic E-state index is -4.25. The maximum atomic E-state index is 14.1. The van der Waals surface area contributed by atoms with Gasteiger partial charge in [0.05, 0.1) is 31.9 Å². The third-order valence-corrected chi connectivity index (χ3v) is 8.29. The number of methoxy groups -OCH3 is 3. The number of amides is 2. The molecule has 0 bridgehead atoms. The van der Waals surface area contributed by atoms with Crippen LogP contribution in [0, 0.1) is 0 Å². The van der Waals surface area contributed by atoms with E-state index in [2.05, 4.69) is 5.32 Å². The minimum Gasteiger partial charge on any atom is -0.497 e. The normalized spacial score (nSPS) is 11.7. The summed E-state index contributed by atoms with van der Waals surface area (Å²) in [5, 5.41) is 2.79. The summed E-state index contributed by atoms with van der Waals surface area (Å²) in [4.78, 5) is 28.6. The highest BCUT2D eigenvalue weighted by Crippen LogP contribution is 2.36. The summed E-state index contributed by atoms with van der Waals surface area (Å²) in [5.41, 5.74) is 0.873. The molecule has 0 saturated carbocycles. The molecule has 0 fully saturated rings. The van der Waals surface area contributed by atoms with Crippen LogP contribution in [0.25, 0.3) is 0 Å². The van der Waals surface area contributed by atoms with Gasteiger partial charge in [-0.15, -0.1) is 0 Å². The first-order valence-electron chi connectivity index (χ1n) is 13.2. The molecule has 0 saturated heterocycles. The number of nitrogens with zero attached hydrogens (tertiary/aromatic N) is 2. The lowest BCUT2D eigenvalue weighted by Crippen LogP contribution is -2.52. The molecule has 0 radical (unpaired) electrons. The summed E-state index contributed by atoms with van der Waals surface area (Å²) >= 11 is 0. The van der Waals surface area contributed by atoms with Crippen molar-refractivity contribution in [3.05, 3.63) is 78.4 Å². The molecule has 0 aliphatic carbocycles. The monoisotopic (exact) mass is 583 g/mol. The highest BCUT2D eigenvalue weighted by atomic mass is 32.2. The first-order chi connectivity index (χ1) is 19.7. The third-order valence-electron chi connectivity index (χ3n) is 6.51. The van der Waals surface area contributed by atoms with Crippen LogP contribution in [0.15, 0.2) is 77.7 Å². The summed E-state index contributed by atoms with van der Waals surface area (Å²) in [6.07, 6.45) is 0.321. The zero-order valence-electron chi connectivity index (χ0n) is 24.0. The van der Waals surface area contributed by atoms with Crippen LogP contribution in [-0.4, -0.2) is 65.6 Å². The number of likely N-dealkylation sites (N-methyl/N-ethyl adjacent to an activating group) is 1. The Hall–Kier alpha value is -4.25. The van der Waals surface area contributed by atoms with Crippen LogP contribution < -0.4 is 23.8 Å². The molecule has 2 amide bonds. The van der Waals surface area contributed by atoms with Crippen LogP contribution in [0.4, 0.5) is 5.69 Å². The minimum absolute atomic E-state index is 0.00450. The van der Waals surface area contributed by atoms with Crippen molar-refractivity contribution >= 4 is 27.5 Å². The molecule has 0 spiro atoms. The van der Waals surface area contributed by atoms with E-state index in [0.717, 1.165) is 9.87 Å². The molecule has 41 heavy (non-hydrogen) atoms. The number of nitrogens with one attached hydrogen (secondary N) is 1. The fourth-order valence-electron chi connectivity index (χ4n) is 4.36. The Morgan fingerprint density at radius 3 is 2.05 bits per heavy atom. The topological polar surface area (TPSA) is 114 Å². The van der Waals surface area contributed by atoms with E-state index in [9.17, 15) is 18.0 Å². The number of benzene rings is 3. The van der Waals surface area contributed by atoms with E-state index in [1.807, 2.05) is 0 Å². The Morgan fingerprint density at radius 2 is 1.49 bits per heavy atom. The van der Waals surface area contributed by atoms with Gasteiger partial charge >= 0.3 is 0 Å². The molecule has 10 nitrogen and oxygen atoms in total. The van der Waals surface area contributed by atoms with Gasteiger partial charge in [0, 0.05) is 19.2 Å². The second kappa shape index (κ2) is 14.4. The van der Waals surface area contributed by atoms with E-state index in [1.54, 1.807) is 75.6 Å². The second-order valence-electron chi connectivity index (χ2n) is 9.05. The summed E-state index contributed by atoms with van der Waals surface area (Å²) in [7, 11) is 0.181. The average molecular weight is 584 g/mol. The molecule has 1 atom stereocenters. The highest BCUT2D eigenvalue weighted by Gasteiger charge is 2.34. The van der Waals surface area contributed by atoms with Crippen molar-refractivity contribution in [3.8, 4) is 17.2 Å². The summed E-state index contributed by atoms with van der Waals surface area (Å²) < 4.78 is 45.1. The predicted molar refractivity (Wildman–Crippen MR) is 157 cm³/mol. The van der Waals surface area contributed by atoms with E-state index >= 15 is 0 Å². The quantitative estimate of drug-likeness (QED) is 0.307. The Morgan fingerprint density at radius 1 is 0.854 bits per heavy atom. The average Bonchev–Trinajstić information content (AvgIpc) is 3.00. The first-order valence-corrected chi connectivity index (χ1v) is 14.6. The molecular formula is C30H37N3O7S. The van der Waals surface area contributed by atoms with Gasteiger partial charge in [-0.25, -0.2) is 8.42 Å². The fourth-order valence-corrected chi connectivity index (χ4v) is 5.80. The number of carbonyl (C=O) groups is 2. The maximum absolute atomic E-state index is 14.1. The summed E-state index contributed by atoms with van der Waals surface area (Å²) in [6, 6.07) is 18.8. The van der Waals surface area contributed by atoms with E-state index in [-0.39, 0.29) is 28.8 Å². The van der Waals surface area contributed by atoms with Crippen LogP contribution in [0.5, 0.6) is 17.2 Å². The predicted octanol–water partition coefficient (Wildman–Crippen LogP) is 3.85. The first kappa shape index (κ1) is 31.3. The lowest BCUT2D eigenvalue weighted by molar-refractivity contribution is -0.140. The maximum Gasteiger partial charge on any atom is 0.264 e. The van der Waals surface area contributed by atoms with Crippen molar-refractivity contribution in [1.82, 2.24) is 10.2 Å². The fraction of sp³-hybridized carbons (Fsp3) is 0.333. The summed E-state index contributed by atoms with van der Waals surface area (Å²) in [5.74, 6) is 0.366. The van der Waals surface area contributed by atoms with Crippen molar-refractivity contribution in [2.24, 2.45) is 0 Å². The van der Waals surface area contributed by atoms with Crippen LogP contribution in [0.2, 0.25) is 0 Å². The van der Waals surface area contributed by atoms with Crippen molar-refractivity contribution in [2.45, 2.75) is 37.8 Å². The zero-order valence-corrected chi connectivity index (χ0v) is 24.8. The third kappa shape index (κ3) is 7.49. The van der Waals surface area contributed by atoms with Gasteiger partial charge in [0.1, 0.15) is 29.8 Å². The molecule has 0 aliphatic rings. The van der Waals surface area contributed by atoms with Crippen molar-refractivity contribution < 1.29 is 32.2 Å². The highest BCUT2D eigenvalue weighted by molar-refractivity contribution is 7.92. The van der Waals surface area contributed by atoms with Gasteiger partial charge in [-0.05, 0) is 55.3 Å². The molecule has 1 N–H and O–H groups in total. The number of hydrogen-bond acceptors (Lipinski definition) is 7. The lowest BCUT2D eigenvalue weighted by Gasteiger charge is -2.33. The molecule has 0 unspecified atom stereocenters. The van der Waals surface area contributed by atoms with E-state index in [1.165, 1.54) is 37.3 Å². The molecule has 3 rings (SSSR count). The molecular weight excluding hydrogens is 546 g/mol. The molecule has 3 aromatic carbocycles. The molecule has 220 valence electrons. The molecule has 0 aliphatic heterocycles. The molecule has 0 aromatic heterocycles. The van der Waals surface area contributed by atoms with Crippen LogP contribution >= 0.6 is 0 Å². The van der Waals surface area contributed by atoms with Crippen LogP contribution in [-0.2, 0) is 26.2 Å². The van der Waals surface area contributed by atoms with E-state index in [0.29, 0.717) is 24.5 Å². The number of anilines is 1. The SMILES string of the molecule is CCNC(=O)[C@@H](CC)N(Cc1ccc(OC)cc1)C(=O)CN(c1cc(OC)ccc1OC)S(=O)(=O)c1ccccc1. The van der Waals surface area contributed by atoms with E-state index < -0.39 is 28.5 Å². The number of hydrogen-bond donors (Lipinski definition) is 1. The number of rotatable bonds is 14. The Balaban J connectivity index is 2.12. The van der Waals surface area contributed by atoms with Gasteiger partial charge in [0.15, 0.2) is 0 Å².